The normalized spacial score (nSPS) is 18.3. The molecule has 1 fully saturated rings. The van der Waals surface area contributed by atoms with Crippen LogP contribution in [0.5, 0.6) is 0 Å². The first-order valence-corrected chi connectivity index (χ1v) is 5.37. The molecule has 1 aromatic heterocycles. The molecule has 1 heterocycles. The van der Waals surface area contributed by atoms with Crippen molar-refractivity contribution in [1.29, 1.82) is 0 Å². The predicted molar refractivity (Wildman–Crippen MR) is 57.4 cm³/mol. The molecule has 0 amide bonds. The van der Waals surface area contributed by atoms with Gasteiger partial charge < -0.3 is 5.11 Å². The molecule has 0 radical (unpaired) electrons. The fourth-order valence-electron chi connectivity index (χ4n) is 1.89. The van der Waals surface area contributed by atoms with E-state index in [0.717, 1.165) is 6.42 Å². The number of aliphatic carboxylic acids is 1. The third-order valence-electron chi connectivity index (χ3n) is 2.95. The summed E-state index contributed by atoms with van der Waals surface area (Å²) in [6.07, 6.45) is 3.61. The van der Waals surface area contributed by atoms with Gasteiger partial charge in [0.1, 0.15) is 5.15 Å². The fourth-order valence-corrected chi connectivity index (χ4v) is 2.44. The van der Waals surface area contributed by atoms with Crippen LogP contribution >= 0.6 is 23.2 Å². The highest BCUT2D eigenvalue weighted by atomic mass is 35.5. The lowest BCUT2D eigenvalue weighted by Crippen LogP contribution is -2.42. The quantitative estimate of drug-likeness (QED) is 0.816. The highest BCUT2D eigenvalue weighted by molar-refractivity contribution is 6.34. The second-order valence-corrected chi connectivity index (χ2v) is 4.52. The van der Waals surface area contributed by atoms with Gasteiger partial charge in [-0.1, -0.05) is 29.6 Å². The molecule has 3 nitrogen and oxygen atoms in total. The van der Waals surface area contributed by atoms with Crippen molar-refractivity contribution in [3.05, 3.63) is 28.0 Å². The Morgan fingerprint density at radius 1 is 1.47 bits per heavy atom. The minimum Gasteiger partial charge on any atom is -0.481 e. The van der Waals surface area contributed by atoms with Gasteiger partial charge in [0, 0.05) is 16.8 Å². The predicted octanol–water partition coefficient (Wildman–Crippen LogP) is 2.89. The molecule has 1 N–H and O–H groups in total. The number of hydrogen-bond acceptors (Lipinski definition) is 2. The maximum atomic E-state index is 11.2. The topological polar surface area (TPSA) is 50.2 Å². The first kappa shape index (κ1) is 10.7. The number of carboxylic acid groups (broad SMARTS) is 1. The van der Waals surface area contributed by atoms with Crippen molar-refractivity contribution >= 4 is 29.2 Å². The van der Waals surface area contributed by atoms with Gasteiger partial charge in [-0.2, -0.15) is 0 Å². The molecule has 0 unspecified atom stereocenters. The average Bonchev–Trinajstić information content (AvgIpc) is 2.05. The van der Waals surface area contributed by atoms with Gasteiger partial charge in [-0.05, 0) is 18.9 Å². The Bertz CT molecular complexity index is 416. The number of nitrogens with zero attached hydrogens (tertiary/aromatic N) is 1. The Morgan fingerprint density at radius 2 is 2.13 bits per heavy atom. The first-order chi connectivity index (χ1) is 7.06. The lowest BCUT2D eigenvalue weighted by Gasteiger charge is -2.38. The van der Waals surface area contributed by atoms with Crippen LogP contribution in [0.1, 0.15) is 24.8 Å². The molecule has 0 aliphatic heterocycles. The van der Waals surface area contributed by atoms with Crippen molar-refractivity contribution in [3.63, 3.8) is 0 Å². The lowest BCUT2D eigenvalue weighted by atomic mass is 9.65. The van der Waals surface area contributed by atoms with E-state index in [0.29, 0.717) is 23.4 Å². The summed E-state index contributed by atoms with van der Waals surface area (Å²) >= 11 is 11.6. The zero-order chi connectivity index (χ0) is 11.1. The number of halogens is 2. The van der Waals surface area contributed by atoms with Crippen LogP contribution in [0, 0.1) is 0 Å². The zero-order valence-corrected chi connectivity index (χ0v) is 9.35. The second kappa shape index (κ2) is 3.65. The van der Waals surface area contributed by atoms with E-state index in [9.17, 15) is 9.90 Å². The van der Waals surface area contributed by atoms with Crippen LogP contribution in [-0.2, 0) is 10.2 Å². The van der Waals surface area contributed by atoms with Crippen LogP contribution in [0.4, 0.5) is 0 Å². The van der Waals surface area contributed by atoms with E-state index in [1.807, 2.05) is 0 Å². The summed E-state index contributed by atoms with van der Waals surface area (Å²) < 4.78 is 0. The third-order valence-corrected chi connectivity index (χ3v) is 3.47. The Kier molecular flexibility index (Phi) is 2.61. The van der Waals surface area contributed by atoms with Crippen molar-refractivity contribution in [2.45, 2.75) is 24.7 Å². The van der Waals surface area contributed by atoms with E-state index in [-0.39, 0.29) is 5.15 Å². The molecule has 1 saturated carbocycles. The van der Waals surface area contributed by atoms with Gasteiger partial charge in [0.25, 0.3) is 0 Å². The molecule has 0 aromatic carbocycles. The smallest absolute Gasteiger partial charge is 0.314 e. The number of carboxylic acids is 1. The largest absolute Gasteiger partial charge is 0.481 e. The van der Waals surface area contributed by atoms with Crippen molar-refractivity contribution in [2.24, 2.45) is 0 Å². The molecule has 80 valence electrons. The van der Waals surface area contributed by atoms with Crippen LogP contribution in [0.15, 0.2) is 12.3 Å². The van der Waals surface area contributed by atoms with E-state index in [1.165, 1.54) is 12.3 Å². The van der Waals surface area contributed by atoms with Gasteiger partial charge in [0.2, 0.25) is 0 Å². The number of carbonyl (C=O) groups is 1. The number of hydrogen-bond donors (Lipinski definition) is 1. The summed E-state index contributed by atoms with van der Waals surface area (Å²) in [6.45, 7) is 0. The number of pyridine rings is 1. The Hall–Kier alpha value is -0.800. The Labute approximate surface area is 97.0 Å². The molecule has 0 atom stereocenters. The van der Waals surface area contributed by atoms with Gasteiger partial charge in [-0.15, -0.1) is 0 Å². The first-order valence-electron chi connectivity index (χ1n) is 4.61. The maximum Gasteiger partial charge on any atom is 0.314 e. The van der Waals surface area contributed by atoms with Crippen LogP contribution in [0.25, 0.3) is 0 Å². The van der Waals surface area contributed by atoms with Gasteiger partial charge >= 0.3 is 5.97 Å². The van der Waals surface area contributed by atoms with Crippen LogP contribution < -0.4 is 0 Å². The van der Waals surface area contributed by atoms with Crippen molar-refractivity contribution in [2.75, 3.05) is 0 Å². The molecule has 0 spiro atoms. The van der Waals surface area contributed by atoms with E-state index in [1.54, 1.807) is 0 Å². The van der Waals surface area contributed by atoms with E-state index in [4.69, 9.17) is 23.2 Å². The zero-order valence-electron chi connectivity index (χ0n) is 7.83. The monoisotopic (exact) mass is 245 g/mol. The lowest BCUT2D eigenvalue weighted by molar-refractivity contribution is -0.147. The van der Waals surface area contributed by atoms with E-state index in [2.05, 4.69) is 4.98 Å². The number of rotatable bonds is 2. The minimum atomic E-state index is -0.839. The van der Waals surface area contributed by atoms with Crippen molar-refractivity contribution in [3.8, 4) is 0 Å². The highest BCUT2D eigenvalue weighted by Crippen LogP contribution is 2.46. The molecule has 1 aliphatic rings. The summed E-state index contributed by atoms with van der Waals surface area (Å²) in [5.74, 6) is -0.834. The Morgan fingerprint density at radius 3 is 2.53 bits per heavy atom. The summed E-state index contributed by atoms with van der Waals surface area (Å²) in [7, 11) is 0. The SMILES string of the molecule is O=C(O)C1(c2cnc(Cl)cc2Cl)CCC1. The highest BCUT2D eigenvalue weighted by Gasteiger charge is 2.47. The van der Waals surface area contributed by atoms with Gasteiger partial charge in [0.05, 0.1) is 5.41 Å². The average molecular weight is 246 g/mol. The standard InChI is InChI=1S/C10H9Cl2NO2/c11-7-4-8(12)13-5-6(7)10(9(14)15)2-1-3-10/h4-5H,1-3H2,(H,14,15). The maximum absolute atomic E-state index is 11.2. The van der Waals surface area contributed by atoms with Crippen molar-refractivity contribution in [1.82, 2.24) is 4.98 Å². The van der Waals surface area contributed by atoms with Crippen LogP contribution in [0.2, 0.25) is 10.2 Å². The van der Waals surface area contributed by atoms with Gasteiger partial charge in [0.15, 0.2) is 0 Å². The van der Waals surface area contributed by atoms with E-state index < -0.39 is 11.4 Å². The molecular weight excluding hydrogens is 237 g/mol. The van der Waals surface area contributed by atoms with Gasteiger partial charge in [-0.25, -0.2) is 4.98 Å². The fraction of sp³-hybridized carbons (Fsp3) is 0.400. The molecule has 5 heteroatoms. The van der Waals surface area contributed by atoms with Crippen LogP contribution in [0.3, 0.4) is 0 Å². The molecule has 1 aromatic rings. The second-order valence-electron chi connectivity index (χ2n) is 3.73. The van der Waals surface area contributed by atoms with Crippen LogP contribution in [-0.4, -0.2) is 16.1 Å². The Balaban J connectivity index is 2.48. The molecule has 0 saturated heterocycles. The molecular formula is C10H9Cl2NO2. The molecule has 1 aliphatic carbocycles. The summed E-state index contributed by atoms with van der Waals surface area (Å²) in [5, 5.41) is 9.88. The summed E-state index contributed by atoms with van der Waals surface area (Å²) in [5.41, 5.74) is -0.262. The summed E-state index contributed by atoms with van der Waals surface area (Å²) in [4.78, 5) is 15.1. The molecule has 2 rings (SSSR count). The molecule has 0 bridgehead atoms. The van der Waals surface area contributed by atoms with E-state index >= 15 is 0 Å². The molecule has 15 heavy (non-hydrogen) atoms. The van der Waals surface area contributed by atoms with Crippen molar-refractivity contribution < 1.29 is 9.90 Å². The number of aromatic nitrogens is 1. The van der Waals surface area contributed by atoms with Gasteiger partial charge in [-0.3, -0.25) is 4.79 Å². The minimum absolute atomic E-state index is 0.281. The third kappa shape index (κ3) is 1.60. The summed E-state index contributed by atoms with van der Waals surface area (Å²) in [6, 6.07) is 1.49.